The lowest BCUT2D eigenvalue weighted by Gasteiger charge is -2.51. The normalized spacial score (nSPS) is 19.1. The van der Waals surface area contributed by atoms with Crippen LogP contribution in [0.3, 0.4) is 0 Å². The van der Waals surface area contributed by atoms with Gasteiger partial charge in [-0.3, -0.25) is 4.90 Å². The summed E-state index contributed by atoms with van der Waals surface area (Å²) in [5.74, 6) is -1.97. The first-order valence-corrected chi connectivity index (χ1v) is 22.8. The number of piperazine rings is 1. The summed E-state index contributed by atoms with van der Waals surface area (Å²) in [6.45, 7) is 9.66. The van der Waals surface area contributed by atoms with Crippen molar-refractivity contribution in [2.24, 2.45) is 0 Å². The number of halogens is 5. The minimum absolute atomic E-state index is 0.0125. The van der Waals surface area contributed by atoms with E-state index in [-0.39, 0.29) is 42.4 Å². The first-order chi connectivity index (χ1) is 30.4. The molecule has 0 N–H and O–H groups in total. The maximum Gasteiger partial charge on any atom is 0.417 e. The molecule has 0 radical (unpaired) electrons. The number of rotatable bonds is 9. The van der Waals surface area contributed by atoms with Gasteiger partial charge in [0.2, 0.25) is 20.9 Å². The topological polar surface area (TPSA) is 137 Å². The molecule has 2 fully saturated rings. The highest BCUT2D eigenvalue weighted by Crippen LogP contribution is 2.51. The molecule has 0 spiro atoms. The molecule has 2 bridgehead atoms. The molecule has 8 rings (SSSR count). The number of carbonyl (C=O) groups excluding carboxylic acids is 1. The number of benzene rings is 3. The van der Waals surface area contributed by atoms with Gasteiger partial charge in [0.05, 0.1) is 43.6 Å². The zero-order valence-corrected chi connectivity index (χ0v) is 38.1. The number of alkyl halides is 3. The van der Waals surface area contributed by atoms with Crippen molar-refractivity contribution in [3.8, 4) is 28.6 Å². The number of ether oxygens (including phenoxy) is 4. The molecule has 0 saturated carbocycles. The fraction of sp³-hybridized carbons (Fsp3) is 0.435. The first kappa shape index (κ1) is 45.6. The molecule has 1 amide bonds. The number of anilines is 2. The standard InChI is InChI=1S/C46H49F5N6O7S/c1-24-34(46(49,50)51)30(20-32(35(24)47)55(21-25-10-15-28(61-7)16-11-25)22-26-12-17-29(62-8)18-13-26)37-36(48)38-33-40(54-42(53-38)65(9,59)60)56-23-27-14-19-31(57(27)43(58)64-44(2,3)4)39(56)45(5,6)63-41(33)52-37/h10-13,15-18,20,27,31,39H,14,19,21-23H2,1-9H3. The van der Waals surface area contributed by atoms with Crippen molar-refractivity contribution in [1.29, 1.82) is 0 Å². The molecule has 65 heavy (non-hydrogen) atoms. The van der Waals surface area contributed by atoms with E-state index in [0.29, 0.717) is 35.5 Å². The zero-order valence-electron chi connectivity index (χ0n) is 37.3. The number of carbonyl (C=O) groups is 1. The smallest absolute Gasteiger partial charge is 0.417 e. The third kappa shape index (κ3) is 8.42. The highest BCUT2D eigenvalue weighted by atomic mass is 32.2. The minimum atomic E-state index is -5.24. The van der Waals surface area contributed by atoms with E-state index in [4.69, 9.17) is 18.9 Å². The van der Waals surface area contributed by atoms with Crippen LogP contribution >= 0.6 is 0 Å². The van der Waals surface area contributed by atoms with Crippen molar-refractivity contribution >= 4 is 38.3 Å². The van der Waals surface area contributed by atoms with Crippen LogP contribution in [0.2, 0.25) is 0 Å². The maximum absolute atomic E-state index is 17.7. The van der Waals surface area contributed by atoms with Crippen LogP contribution in [-0.4, -0.2) is 90.7 Å². The molecule has 13 nitrogen and oxygen atoms in total. The fourth-order valence-corrected chi connectivity index (χ4v) is 9.84. The van der Waals surface area contributed by atoms with Crippen LogP contribution in [0.25, 0.3) is 22.2 Å². The molecular weight excluding hydrogens is 876 g/mol. The first-order valence-electron chi connectivity index (χ1n) is 20.9. The number of hydrogen-bond donors (Lipinski definition) is 0. The van der Waals surface area contributed by atoms with Crippen LogP contribution in [-0.2, 0) is 33.8 Å². The lowest BCUT2D eigenvalue weighted by atomic mass is 9.88. The van der Waals surface area contributed by atoms with E-state index in [1.165, 1.54) is 19.1 Å². The van der Waals surface area contributed by atoms with Gasteiger partial charge in [-0.05, 0) is 101 Å². The second kappa shape index (κ2) is 16.2. The summed E-state index contributed by atoms with van der Waals surface area (Å²) in [6.07, 6.45) is -3.93. The molecule has 346 valence electrons. The summed E-state index contributed by atoms with van der Waals surface area (Å²) in [7, 11) is -1.29. The van der Waals surface area contributed by atoms with Crippen LogP contribution in [0.1, 0.15) is 69.7 Å². The van der Waals surface area contributed by atoms with Gasteiger partial charge in [-0.15, -0.1) is 0 Å². The van der Waals surface area contributed by atoms with Crippen LogP contribution in [0.5, 0.6) is 17.4 Å². The van der Waals surface area contributed by atoms with Crippen LogP contribution < -0.4 is 24.0 Å². The molecule has 19 heteroatoms. The van der Waals surface area contributed by atoms with Crippen molar-refractivity contribution in [1.82, 2.24) is 19.9 Å². The highest BCUT2D eigenvalue weighted by Gasteiger charge is 2.57. The molecule has 3 aromatic carbocycles. The predicted octanol–water partition coefficient (Wildman–Crippen LogP) is 9.05. The number of hydrogen-bond acceptors (Lipinski definition) is 12. The summed E-state index contributed by atoms with van der Waals surface area (Å²) in [4.78, 5) is 31.7. The van der Waals surface area contributed by atoms with Crippen molar-refractivity contribution in [2.45, 2.75) is 108 Å². The Morgan fingerprint density at radius 2 is 1.49 bits per heavy atom. The average molecular weight is 925 g/mol. The zero-order chi connectivity index (χ0) is 47.1. The Bertz CT molecular complexity index is 2750. The van der Waals surface area contributed by atoms with Gasteiger partial charge in [0.1, 0.15) is 50.9 Å². The van der Waals surface area contributed by atoms with Gasteiger partial charge in [0, 0.05) is 31.5 Å². The SMILES string of the molecule is COc1ccc(CN(Cc2ccc(OC)cc2)c2cc(-c3nc4c5c(nc(S(C)(=O)=O)nc5c3F)N3CC5CCC(C3C(C)(C)O4)N5C(=O)OC(C)(C)C)c(C(F)(F)F)c(C)c2F)cc1. The lowest BCUT2D eigenvalue weighted by molar-refractivity contribution is -0.137. The average Bonchev–Trinajstić information content (AvgIpc) is 3.48. The molecule has 2 saturated heterocycles. The second-order valence-electron chi connectivity index (χ2n) is 18.2. The molecule has 3 aliphatic heterocycles. The maximum atomic E-state index is 17.7. The second-order valence-corrected chi connectivity index (χ2v) is 20.1. The minimum Gasteiger partial charge on any atom is -0.497 e. The lowest BCUT2D eigenvalue weighted by Crippen LogP contribution is -2.68. The van der Waals surface area contributed by atoms with E-state index in [2.05, 4.69) is 15.0 Å². The summed E-state index contributed by atoms with van der Waals surface area (Å²) >= 11 is 0. The van der Waals surface area contributed by atoms with Gasteiger partial charge in [-0.1, -0.05) is 24.3 Å². The molecule has 3 atom stereocenters. The van der Waals surface area contributed by atoms with Gasteiger partial charge < -0.3 is 28.7 Å². The Morgan fingerprint density at radius 3 is 2.02 bits per heavy atom. The molecule has 3 aliphatic rings. The number of methoxy groups -OCH3 is 2. The largest absolute Gasteiger partial charge is 0.497 e. The number of amides is 1. The van der Waals surface area contributed by atoms with Gasteiger partial charge in [-0.25, -0.2) is 36.9 Å². The molecule has 2 aromatic heterocycles. The van der Waals surface area contributed by atoms with E-state index < -0.39 is 96.1 Å². The van der Waals surface area contributed by atoms with Crippen molar-refractivity contribution in [2.75, 3.05) is 36.8 Å². The number of aromatic nitrogens is 3. The van der Waals surface area contributed by atoms with Crippen LogP contribution in [0.4, 0.5) is 38.3 Å². The van der Waals surface area contributed by atoms with Crippen molar-refractivity contribution < 1.29 is 54.1 Å². The molecule has 0 aliphatic carbocycles. The summed E-state index contributed by atoms with van der Waals surface area (Å²) < 4.78 is 130. The molecule has 3 unspecified atom stereocenters. The van der Waals surface area contributed by atoms with Crippen molar-refractivity contribution in [3.63, 3.8) is 0 Å². The van der Waals surface area contributed by atoms with Crippen LogP contribution in [0.15, 0.2) is 59.8 Å². The van der Waals surface area contributed by atoms with E-state index in [1.54, 1.807) is 92.9 Å². The molecular formula is C46H49F5N6O7S. The highest BCUT2D eigenvalue weighted by molar-refractivity contribution is 7.90. The predicted molar refractivity (Wildman–Crippen MR) is 232 cm³/mol. The fourth-order valence-electron chi connectivity index (χ4n) is 9.33. The molecule has 5 heterocycles. The number of nitrogens with zero attached hydrogens (tertiary/aromatic N) is 6. The van der Waals surface area contributed by atoms with Crippen LogP contribution in [0, 0.1) is 18.6 Å². The monoisotopic (exact) mass is 924 g/mol. The third-order valence-corrected chi connectivity index (χ3v) is 12.9. The third-order valence-electron chi connectivity index (χ3n) is 12.1. The van der Waals surface area contributed by atoms with Gasteiger partial charge in [0.15, 0.2) is 5.82 Å². The van der Waals surface area contributed by atoms with Gasteiger partial charge >= 0.3 is 12.3 Å². The van der Waals surface area contributed by atoms with E-state index in [9.17, 15) is 13.2 Å². The quantitative estimate of drug-likeness (QED) is 0.103. The Labute approximate surface area is 373 Å². The Kier molecular flexibility index (Phi) is 11.3. The Hall–Kier alpha value is -5.98. The number of sulfone groups is 1. The Balaban J connectivity index is 1.35. The molecule has 5 aromatic rings. The Morgan fingerprint density at radius 1 is 0.908 bits per heavy atom. The van der Waals surface area contributed by atoms with Gasteiger partial charge in [-0.2, -0.15) is 13.2 Å². The van der Waals surface area contributed by atoms with E-state index in [0.717, 1.165) is 19.2 Å². The van der Waals surface area contributed by atoms with E-state index in [1.807, 2.05) is 0 Å². The number of pyridine rings is 1. The number of fused-ring (bicyclic) bond motifs is 5. The summed E-state index contributed by atoms with van der Waals surface area (Å²) in [5.41, 5.74) is -5.91. The van der Waals surface area contributed by atoms with Gasteiger partial charge in [0.25, 0.3) is 0 Å². The van der Waals surface area contributed by atoms with Crippen molar-refractivity contribution in [3.05, 3.63) is 88.5 Å². The summed E-state index contributed by atoms with van der Waals surface area (Å²) in [6, 6.07) is 12.8. The van der Waals surface area contributed by atoms with E-state index >= 15 is 22.0 Å². The summed E-state index contributed by atoms with van der Waals surface area (Å²) in [5, 5.41) is -0.966.